The van der Waals surface area contributed by atoms with Gasteiger partial charge in [0.25, 0.3) is 0 Å². The molecule has 0 amide bonds. The number of nitrogens with zero attached hydrogens (tertiary/aromatic N) is 1. The second-order valence-corrected chi connectivity index (χ2v) is 6.42. The molecule has 4 heteroatoms. The highest BCUT2D eigenvalue weighted by Crippen LogP contribution is 2.23. The summed E-state index contributed by atoms with van der Waals surface area (Å²) in [4.78, 5) is 15.0. The largest absolute Gasteiger partial charge is 0.295 e. The van der Waals surface area contributed by atoms with E-state index in [-0.39, 0.29) is 17.4 Å². The molecule has 0 saturated carbocycles. The van der Waals surface area contributed by atoms with E-state index in [0.29, 0.717) is 35.4 Å². The fourth-order valence-corrected chi connectivity index (χ4v) is 3.14. The second-order valence-electron chi connectivity index (χ2n) is 6.42. The number of Topliss-reactive ketones (excluding diaryl/α,β-unsaturated/α-hetero) is 1. The Balaban J connectivity index is 1.99. The number of carbonyl (C=O) groups is 1. The van der Waals surface area contributed by atoms with Crippen LogP contribution in [-0.2, 0) is 4.79 Å². The van der Waals surface area contributed by atoms with Gasteiger partial charge >= 0.3 is 0 Å². The number of ketones is 1. The Morgan fingerprint density at radius 1 is 0.885 bits per heavy atom. The molecule has 3 rings (SSSR count). The number of hydrogen-bond donors (Lipinski definition) is 0. The van der Waals surface area contributed by atoms with Gasteiger partial charge in [-0.1, -0.05) is 43.3 Å². The van der Waals surface area contributed by atoms with Crippen molar-refractivity contribution in [3.8, 4) is 0 Å². The van der Waals surface area contributed by atoms with Crippen molar-refractivity contribution in [3.63, 3.8) is 0 Å². The van der Waals surface area contributed by atoms with E-state index < -0.39 is 0 Å². The van der Waals surface area contributed by atoms with E-state index in [1.54, 1.807) is 48.6 Å². The van der Waals surface area contributed by atoms with Crippen LogP contribution in [0.3, 0.4) is 0 Å². The highest BCUT2D eigenvalue weighted by Gasteiger charge is 2.26. The molecule has 0 atom stereocenters. The Labute approximate surface area is 152 Å². The Hall–Kier alpha value is -2.59. The molecule has 0 unspecified atom stereocenters. The first kappa shape index (κ1) is 18.2. The fraction of sp³-hybridized carbons (Fsp3) is 0.227. The van der Waals surface area contributed by atoms with E-state index in [4.69, 9.17) is 0 Å². The van der Waals surface area contributed by atoms with Gasteiger partial charge in [-0.2, -0.15) is 0 Å². The maximum absolute atomic E-state index is 14.0. The molecular weight excluding hydrogens is 332 g/mol. The monoisotopic (exact) mass is 353 g/mol. The van der Waals surface area contributed by atoms with Gasteiger partial charge in [-0.05, 0) is 37.3 Å². The van der Waals surface area contributed by atoms with E-state index in [2.05, 4.69) is 11.8 Å². The summed E-state index contributed by atoms with van der Waals surface area (Å²) in [6.07, 6.45) is 4.15. The van der Waals surface area contributed by atoms with Crippen LogP contribution >= 0.6 is 0 Å². The number of benzene rings is 2. The van der Waals surface area contributed by atoms with Crippen molar-refractivity contribution in [1.82, 2.24) is 4.90 Å². The third kappa shape index (κ3) is 4.14. The van der Waals surface area contributed by atoms with Crippen molar-refractivity contribution in [2.24, 2.45) is 0 Å². The van der Waals surface area contributed by atoms with Gasteiger partial charge in [0.2, 0.25) is 0 Å². The SMILES string of the molecule is CCCN1CC(=Cc2ccccc2F)C(=O)C(=Cc2ccccc2F)C1. The van der Waals surface area contributed by atoms with Gasteiger partial charge in [0, 0.05) is 35.4 Å². The Kier molecular flexibility index (Phi) is 5.74. The topological polar surface area (TPSA) is 20.3 Å². The van der Waals surface area contributed by atoms with Crippen LogP contribution in [0.2, 0.25) is 0 Å². The summed E-state index contributed by atoms with van der Waals surface area (Å²) in [5.74, 6) is -0.871. The van der Waals surface area contributed by atoms with Gasteiger partial charge < -0.3 is 0 Å². The average Bonchev–Trinajstić information content (AvgIpc) is 2.63. The third-order valence-corrected chi connectivity index (χ3v) is 4.38. The minimum absolute atomic E-state index is 0.149. The molecule has 1 saturated heterocycles. The molecule has 1 fully saturated rings. The number of likely N-dealkylation sites (tertiary alicyclic amines) is 1. The molecule has 0 aliphatic carbocycles. The van der Waals surface area contributed by atoms with Crippen LogP contribution in [0.4, 0.5) is 8.78 Å². The smallest absolute Gasteiger partial charge is 0.187 e. The summed E-state index contributed by atoms with van der Waals surface area (Å²) in [6.45, 7) is 3.82. The van der Waals surface area contributed by atoms with Crippen LogP contribution in [0, 0.1) is 11.6 Å². The van der Waals surface area contributed by atoms with Crippen LogP contribution in [0.1, 0.15) is 24.5 Å². The predicted octanol–water partition coefficient (Wildman–Crippen LogP) is 4.73. The van der Waals surface area contributed by atoms with Gasteiger partial charge in [0.15, 0.2) is 5.78 Å². The molecule has 2 aromatic carbocycles. The van der Waals surface area contributed by atoms with Crippen LogP contribution in [-0.4, -0.2) is 30.3 Å². The zero-order chi connectivity index (χ0) is 18.5. The quantitative estimate of drug-likeness (QED) is 0.741. The number of hydrogen-bond acceptors (Lipinski definition) is 2. The molecule has 1 aliphatic rings. The fourth-order valence-electron chi connectivity index (χ4n) is 3.14. The lowest BCUT2D eigenvalue weighted by atomic mass is 9.94. The summed E-state index contributed by atoms with van der Waals surface area (Å²) >= 11 is 0. The van der Waals surface area contributed by atoms with Gasteiger partial charge in [-0.15, -0.1) is 0 Å². The zero-order valence-electron chi connectivity index (χ0n) is 14.7. The minimum Gasteiger partial charge on any atom is -0.295 e. The van der Waals surface area contributed by atoms with E-state index in [1.165, 1.54) is 12.1 Å². The van der Waals surface area contributed by atoms with Gasteiger partial charge in [0.1, 0.15) is 11.6 Å². The molecule has 0 N–H and O–H groups in total. The van der Waals surface area contributed by atoms with Crippen LogP contribution in [0.25, 0.3) is 12.2 Å². The Morgan fingerprint density at radius 3 is 1.77 bits per heavy atom. The molecule has 0 aromatic heterocycles. The first-order chi connectivity index (χ1) is 12.6. The lowest BCUT2D eigenvalue weighted by Crippen LogP contribution is -2.38. The average molecular weight is 353 g/mol. The maximum Gasteiger partial charge on any atom is 0.187 e. The van der Waals surface area contributed by atoms with Crippen LogP contribution in [0.5, 0.6) is 0 Å². The Bertz CT molecular complexity index is 802. The van der Waals surface area contributed by atoms with E-state index in [1.807, 2.05) is 0 Å². The molecule has 1 aliphatic heterocycles. The molecule has 2 nitrogen and oxygen atoms in total. The molecule has 0 radical (unpaired) electrons. The molecule has 1 heterocycles. The number of carbonyl (C=O) groups excluding carboxylic acids is 1. The van der Waals surface area contributed by atoms with Crippen molar-refractivity contribution < 1.29 is 13.6 Å². The van der Waals surface area contributed by atoms with Crippen molar-refractivity contribution in [3.05, 3.63) is 82.4 Å². The van der Waals surface area contributed by atoms with Crippen molar-refractivity contribution in [1.29, 1.82) is 0 Å². The molecule has 134 valence electrons. The van der Waals surface area contributed by atoms with E-state index >= 15 is 0 Å². The standard InChI is InChI=1S/C22H21F2NO/c1-2-11-25-14-18(12-16-7-3-5-9-20(16)23)22(26)19(15-25)13-17-8-4-6-10-21(17)24/h3-10,12-13H,2,11,14-15H2,1H3. The van der Waals surface area contributed by atoms with Crippen molar-refractivity contribution in [2.75, 3.05) is 19.6 Å². The van der Waals surface area contributed by atoms with E-state index in [0.717, 1.165) is 13.0 Å². The first-order valence-corrected chi connectivity index (χ1v) is 8.75. The van der Waals surface area contributed by atoms with Crippen LogP contribution < -0.4 is 0 Å². The second kappa shape index (κ2) is 8.19. The van der Waals surface area contributed by atoms with Crippen molar-refractivity contribution in [2.45, 2.75) is 13.3 Å². The minimum atomic E-state index is -0.361. The molecule has 0 spiro atoms. The lowest BCUT2D eigenvalue weighted by Gasteiger charge is -2.29. The first-order valence-electron chi connectivity index (χ1n) is 8.75. The lowest BCUT2D eigenvalue weighted by molar-refractivity contribution is -0.113. The summed E-state index contributed by atoms with van der Waals surface area (Å²) in [5.41, 5.74) is 1.83. The molecule has 0 bridgehead atoms. The highest BCUT2D eigenvalue weighted by atomic mass is 19.1. The van der Waals surface area contributed by atoms with Gasteiger partial charge in [-0.25, -0.2) is 8.78 Å². The van der Waals surface area contributed by atoms with Gasteiger partial charge in [-0.3, -0.25) is 9.69 Å². The summed E-state index contributed by atoms with van der Waals surface area (Å²) in [5, 5.41) is 0. The summed E-state index contributed by atoms with van der Waals surface area (Å²) in [6, 6.07) is 12.8. The molecule has 26 heavy (non-hydrogen) atoms. The van der Waals surface area contributed by atoms with Crippen LogP contribution in [0.15, 0.2) is 59.7 Å². The summed E-state index contributed by atoms with van der Waals surface area (Å²) < 4.78 is 28.0. The van der Waals surface area contributed by atoms with Gasteiger partial charge in [0.05, 0.1) is 0 Å². The number of piperidine rings is 1. The number of halogens is 2. The number of rotatable bonds is 4. The molecule has 2 aromatic rings. The highest BCUT2D eigenvalue weighted by molar-refractivity contribution is 6.14. The predicted molar refractivity (Wildman–Crippen MR) is 100 cm³/mol. The maximum atomic E-state index is 14.0. The summed E-state index contributed by atoms with van der Waals surface area (Å²) in [7, 11) is 0. The normalized spacial score (nSPS) is 18.7. The van der Waals surface area contributed by atoms with Crippen molar-refractivity contribution >= 4 is 17.9 Å². The Morgan fingerprint density at radius 2 is 1.35 bits per heavy atom. The zero-order valence-corrected chi connectivity index (χ0v) is 14.7. The molecular formula is C22H21F2NO. The van der Waals surface area contributed by atoms with E-state index in [9.17, 15) is 13.6 Å². The third-order valence-electron chi connectivity index (χ3n) is 4.38.